The fourth-order valence-electron chi connectivity index (χ4n) is 4.96. The van der Waals surface area contributed by atoms with Gasteiger partial charge in [-0.2, -0.15) is 36.4 Å². The van der Waals surface area contributed by atoms with Crippen molar-refractivity contribution in [2.45, 2.75) is 37.7 Å². The number of rotatable bonds is 4. The van der Waals surface area contributed by atoms with Gasteiger partial charge in [-0.25, -0.2) is 9.78 Å². The van der Waals surface area contributed by atoms with E-state index in [0.717, 1.165) is 22.5 Å². The van der Waals surface area contributed by atoms with Crippen molar-refractivity contribution in [3.63, 3.8) is 0 Å². The molecule has 1 saturated heterocycles. The second-order valence-electron chi connectivity index (χ2n) is 11.1. The van der Waals surface area contributed by atoms with Gasteiger partial charge in [0.05, 0.1) is 18.1 Å². The number of aryl methyl sites for hydroxylation is 2. The van der Waals surface area contributed by atoms with E-state index in [2.05, 4.69) is 46.4 Å². The van der Waals surface area contributed by atoms with E-state index in [-0.39, 0.29) is 18.0 Å². The first-order valence-electron chi connectivity index (χ1n) is 14.8. The maximum Gasteiger partial charge on any atom is 0.458 e. The van der Waals surface area contributed by atoms with Gasteiger partial charge in [0.2, 0.25) is 5.95 Å². The lowest BCUT2D eigenvalue weighted by Crippen LogP contribution is -2.40. The molecule has 6 bridgehead atoms. The van der Waals surface area contributed by atoms with E-state index in [9.17, 15) is 45.5 Å². The summed E-state index contributed by atoms with van der Waals surface area (Å²) in [7, 11) is 0. The fourth-order valence-corrected chi connectivity index (χ4v) is 5.10. The molecule has 5 heterocycles. The third-order valence-corrected chi connectivity index (χ3v) is 7.63. The van der Waals surface area contributed by atoms with Crippen LogP contribution in [0.3, 0.4) is 0 Å². The van der Waals surface area contributed by atoms with Crippen molar-refractivity contribution in [2.75, 3.05) is 29.0 Å². The minimum atomic E-state index is -5.77. The minimum Gasteiger partial charge on any atom is -0.339 e. The lowest BCUT2D eigenvalue weighted by atomic mass is 10.0. The highest BCUT2D eigenvalue weighted by Gasteiger charge is 2.54. The second-order valence-corrected chi connectivity index (χ2v) is 11.5. The standard InChI is InChI=1S/C26H25ClN10O2.C4F6O2/c27-20-13-29-25-32-19-9-15(11-28-12-19)1-2-16-10-17(31-23(20)35-25)3-4-21(16)34-26(39)33-18-6-8-37(14-18)24(38)22-5-7-30-36-22;5-3(6,7)1(11)2(12)4(8,9)10/h3-5,7,9-13,18H,1-2,6,8,14H2,(H,30,36)(H2,33,34,39)(H2,29,31,32,35);/t18-;/m0./s1. The Balaban J connectivity index is 0.000000362. The van der Waals surface area contributed by atoms with Crippen LogP contribution < -0.4 is 21.3 Å². The largest absolute Gasteiger partial charge is 0.458 e. The average molecular weight is 739 g/mol. The molecule has 5 N–H and O–H groups in total. The Kier molecular flexibility index (Phi) is 10.7. The molecular weight excluding hydrogens is 714 g/mol. The number of benzene rings is 1. The van der Waals surface area contributed by atoms with Crippen molar-refractivity contribution in [3.05, 3.63) is 77.0 Å². The van der Waals surface area contributed by atoms with E-state index in [1.165, 1.54) is 6.20 Å². The summed E-state index contributed by atoms with van der Waals surface area (Å²) in [6.45, 7) is 0.990. The number of fused-ring (bicyclic) bond motifs is 6. The van der Waals surface area contributed by atoms with Gasteiger partial charge in [0, 0.05) is 42.9 Å². The number of hydrogen-bond acceptors (Lipinski definition) is 10. The van der Waals surface area contributed by atoms with Crippen LogP contribution in [0, 0.1) is 0 Å². The number of urea groups is 1. The highest BCUT2D eigenvalue weighted by atomic mass is 35.5. The lowest BCUT2D eigenvalue weighted by Gasteiger charge is -2.18. The molecule has 2 aliphatic heterocycles. The molecule has 4 aromatic rings. The summed E-state index contributed by atoms with van der Waals surface area (Å²) in [6, 6.07) is 8.83. The summed E-state index contributed by atoms with van der Waals surface area (Å²) in [5.41, 5.74) is 4.62. The zero-order valence-corrected chi connectivity index (χ0v) is 26.6. The number of carbonyl (C=O) groups excluding carboxylic acids is 4. The first kappa shape index (κ1) is 36.5. The summed E-state index contributed by atoms with van der Waals surface area (Å²) >= 11 is 6.35. The van der Waals surface area contributed by atoms with Crippen LogP contribution in [0.25, 0.3) is 0 Å². The van der Waals surface area contributed by atoms with Crippen LogP contribution in [0.1, 0.15) is 28.0 Å². The monoisotopic (exact) mass is 738 g/mol. The molecule has 14 nitrogen and oxygen atoms in total. The minimum absolute atomic E-state index is 0.129. The molecule has 0 saturated carbocycles. The van der Waals surface area contributed by atoms with Crippen molar-refractivity contribution in [1.82, 2.24) is 35.4 Å². The van der Waals surface area contributed by atoms with Gasteiger partial charge in [0.25, 0.3) is 5.91 Å². The quantitative estimate of drug-likeness (QED) is 0.139. The lowest BCUT2D eigenvalue weighted by molar-refractivity contribution is -0.193. The SMILES string of the molecule is O=C(C(=O)C(F)(F)F)C(F)(F)F.O=C(Nc1ccc2cc1CCc1cncc(c1)Nc1ncc(Cl)c(n1)N2)N[C@H]1CCN(C(=O)c2ccn[nH]2)C1. The molecule has 268 valence electrons. The van der Waals surface area contributed by atoms with Crippen LogP contribution in [0.5, 0.6) is 0 Å². The predicted octanol–water partition coefficient (Wildman–Crippen LogP) is 5.12. The Morgan fingerprint density at radius 1 is 0.902 bits per heavy atom. The molecule has 0 radical (unpaired) electrons. The molecule has 3 aromatic heterocycles. The summed E-state index contributed by atoms with van der Waals surface area (Å²) in [4.78, 5) is 59.6. The number of aromatic nitrogens is 5. The van der Waals surface area contributed by atoms with Crippen LogP contribution in [0.2, 0.25) is 5.02 Å². The van der Waals surface area contributed by atoms with E-state index in [1.54, 1.807) is 23.4 Å². The molecule has 2 aliphatic rings. The molecule has 1 aromatic carbocycles. The second kappa shape index (κ2) is 15.0. The van der Waals surface area contributed by atoms with Gasteiger partial charge in [-0.05, 0) is 60.7 Å². The van der Waals surface area contributed by atoms with Crippen LogP contribution in [0.4, 0.5) is 60.0 Å². The first-order valence-corrected chi connectivity index (χ1v) is 15.2. The number of carbonyl (C=O) groups is 4. The van der Waals surface area contributed by atoms with E-state index >= 15 is 0 Å². The molecule has 6 rings (SSSR count). The topological polar surface area (TPSA) is 187 Å². The van der Waals surface area contributed by atoms with E-state index < -0.39 is 23.9 Å². The number of ketones is 2. The number of H-pyrrole nitrogens is 1. The molecule has 51 heavy (non-hydrogen) atoms. The van der Waals surface area contributed by atoms with Gasteiger partial charge in [-0.1, -0.05) is 11.6 Å². The van der Waals surface area contributed by atoms with E-state index in [1.807, 2.05) is 30.5 Å². The maximum absolute atomic E-state index is 13.0. The first-order chi connectivity index (χ1) is 24.1. The van der Waals surface area contributed by atoms with Crippen molar-refractivity contribution >= 4 is 63.9 Å². The van der Waals surface area contributed by atoms with Gasteiger partial charge >= 0.3 is 30.0 Å². The number of halogens is 7. The summed E-state index contributed by atoms with van der Waals surface area (Å²) < 4.78 is 67.0. The van der Waals surface area contributed by atoms with Crippen LogP contribution in [-0.2, 0) is 22.4 Å². The van der Waals surface area contributed by atoms with E-state index in [0.29, 0.717) is 60.5 Å². The third-order valence-electron chi connectivity index (χ3n) is 7.36. The number of amides is 3. The molecule has 0 unspecified atom stereocenters. The number of anilines is 5. The van der Waals surface area contributed by atoms with Gasteiger partial charge in [-0.15, -0.1) is 0 Å². The smallest absolute Gasteiger partial charge is 0.339 e. The predicted molar refractivity (Wildman–Crippen MR) is 169 cm³/mol. The van der Waals surface area contributed by atoms with E-state index in [4.69, 9.17) is 11.6 Å². The summed E-state index contributed by atoms with van der Waals surface area (Å²) in [5, 5.41) is 19.3. The van der Waals surface area contributed by atoms with Gasteiger partial charge in [-0.3, -0.25) is 24.5 Å². The van der Waals surface area contributed by atoms with Gasteiger partial charge in [0.1, 0.15) is 10.7 Å². The number of Topliss-reactive ketones (excluding diaryl/α,β-unsaturated/α-hetero) is 2. The maximum atomic E-state index is 13.0. The Morgan fingerprint density at radius 2 is 1.65 bits per heavy atom. The number of alkyl halides is 6. The zero-order chi connectivity index (χ0) is 36.9. The molecular formula is C30H25ClF6N10O4. The molecule has 21 heteroatoms. The molecule has 0 aliphatic carbocycles. The van der Waals surface area contributed by atoms with Crippen LogP contribution in [0.15, 0.2) is 55.1 Å². The Bertz CT molecular complexity index is 1920. The molecule has 0 spiro atoms. The highest BCUT2D eigenvalue weighted by molar-refractivity contribution is 6.41. The summed E-state index contributed by atoms with van der Waals surface area (Å²) in [6.07, 6.45) is -2.92. The number of likely N-dealkylation sites (tertiary alicyclic amines) is 1. The number of pyridine rings is 1. The Morgan fingerprint density at radius 3 is 2.33 bits per heavy atom. The van der Waals surface area contributed by atoms with Gasteiger partial charge in [0.15, 0.2) is 5.82 Å². The highest BCUT2D eigenvalue weighted by Crippen LogP contribution is 2.29. The Hall–Kier alpha value is -5.79. The molecule has 3 amide bonds. The van der Waals surface area contributed by atoms with Crippen molar-refractivity contribution in [3.8, 4) is 0 Å². The normalized spacial score (nSPS) is 15.4. The summed E-state index contributed by atoms with van der Waals surface area (Å²) in [5.74, 6) is -6.09. The van der Waals surface area contributed by atoms with Crippen LogP contribution in [-0.4, -0.2) is 85.0 Å². The number of nitrogens with zero attached hydrogens (tertiary/aromatic N) is 5. The van der Waals surface area contributed by atoms with Crippen molar-refractivity contribution in [2.24, 2.45) is 0 Å². The molecule has 1 atom stereocenters. The zero-order valence-electron chi connectivity index (χ0n) is 25.8. The average Bonchev–Trinajstić information content (AvgIpc) is 3.78. The fraction of sp³-hybridized carbons (Fsp3) is 0.267. The Labute approximate surface area is 288 Å². The van der Waals surface area contributed by atoms with Gasteiger partial charge < -0.3 is 26.2 Å². The number of aromatic amines is 1. The number of hydrogen-bond donors (Lipinski definition) is 5. The van der Waals surface area contributed by atoms with Crippen molar-refractivity contribution in [1.29, 1.82) is 0 Å². The third kappa shape index (κ3) is 9.47. The van der Waals surface area contributed by atoms with Crippen molar-refractivity contribution < 1.29 is 45.5 Å². The number of nitrogens with one attached hydrogen (secondary N) is 5. The molecule has 1 fully saturated rings. The van der Waals surface area contributed by atoms with Crippen LogP contribution >= 0.6 is 11.6 Å².